The fraction of sp³-hybridized carbons (Fsp3) is 1.00. The van der Waals surface area contributed by atoms with E-state index in [0.29, 0.717) is 5.04 Å². The summed E-state index contributed by atoms with van der Waals surface area (Å²) in [6, 6.07) is 0. The molecule has 0 aliphatic carbocycles. The lowest BCUT2D eigenvalue weighted by molar-refractivity contribution is 0.385. The predicted octanol–water partition coefficient (Wildman–Crippen LogP) is 1.96. The van der Waals surface area contributed by atoms with E-state index in [0.717, 1.165) is 13.2 Å². The van der Waals surface area contributed by atoms with Crippen molar-refractivity contribution in [1.29, 1.82) is 0 Å². The molecule has 0 aliphatic rings. The van der Waals surface area contributed by atoms with E-state index in [1.807, 2.05) is 0 Å². The van der Waals surface area contributed by atoms with Crippen LogP contribution in [-0.2, 0) is 0 Å². The first kappa shape index (κ1) is 14.1. The average Bonchev–Trinajstić information content (AvgIpc) is 2.07. The summed E-state index contributed by atoms with van der Waals surface area (Å²) in [5.41, 5.74) is 0. The highest BCUT2D eigenvalue weighted by Gasteiger charge is 2.16. The van der Waals surface area contributed by atoms with Crippen molar-refractivity contribution in [2.24, 2.45) is 0 Å². The molecule has 2 nitrogen and oxygen atoms in total. The molecule has 0 fully saturated rings. The van der Waals surface area contributed by atoms with Gasteiger partial charge in [0.05, 0.1) is 0 Å². The lowest BCUT2D eigenvalue weighted by Gasteiger charge is -2.29. The SMILES string of the molecule is CCCCN(CNCC)[SiH2]C(C)(C)C. The summed E-state index contributed by atoms with van der Waals surface area (Å²) < 4.78 is 2.66. The number of nitrogens with zero attached hydrogens (tertiary/aromatic N) is 1. The summed E-state index contributed by atoms with van der Waals surface area (Å²) in [7, 11) is -0.106. The van der Waals surface area contributed by atoms with Crippen LogP contribution in [0.5, 0.6) is 0 Å². The normalized spacial score (nSPS) is 13.3. The summed E-state index contributed by atoms with van der Waals surface area (Å²) in [5, 5.41) is 3.99. The molecule has 0 amide bonds. The van der Waals surface area contributed by atoms with Crippen LogP contribution in [-0.4, -0.2) is 34.0 Å². The summed E-state index contributed by atoms with van der Waals surface area (Å²) in [4.78, 5) is 0. The molecule has 0 bridgehead atoms. The molecular formula is C11H28N2Si. The van der Waals surface area contributed by atoms with Gasteiger partial charge >= 0.3 is 0 Å². The van der Waals surface area contributed by atoms with Crippen molar-refractivity contribution in [1.82, 2.24) is 9.88 Å². The van der Waals surface area contributed by atoms with Crippen LogP contribution in [0.2, 0.25) is 5.04 Å². The molecule has 1 N–H and O–H groups in total. The van der Waals surface area contributed by atoms with Crippen LogP contribution >= 0.6 is 0 Å². The Bertz CT molecular complexity index is 124. The Balaban J connectivity index is 3.84. The Kier molecular flexibility index (Phi) is 7.50. The van der Waals surface area contributed by atoms with Gasteiger partial charge in [-0.25, -0.2) is 0 Å². The first-order valence-electron chi connectivity index (χ1n) is 5.92. The second kappa shape index (κ2) is 7.43. The summed E-state index contributed by atoms with van der Waals surface area (Å²) >= 11 is 0. The Morgan fingerprint density at radius 1 is 1.21 bits per heavy atom. The van der Waals surface area contributed by atoms with E-state index < -0.39 is 0 Å². The molecule has 0 atom stereocenters. The molecule has 0 heterocycles. The van der Waals surface area contributed by atoms with Gasteiger partial charge in [-0.1, -0.05) is 41.0 Å². The third kappa shape index (κ3) is 8.72. The molecule has 3 heteroatoms. The molecule has 0 unspecified atom stereocenters. The van der Waals surface area contributed by atoms with Crippen molar-refractivity contribution in [3.05, 3.63) is 0 Å². The van der Waals surface area contributed by atoms with Gasteiger partial charge in [-0.05, 0) is 24.5 Å². The fourth-order valence-corrected chi connectivity index (χ4v) is 3.53. The second-order valence-corrected chi connectivity index (χ2v) is 8.56. The largest absolute Gasteiger partial charge is 0.317 e. The number of rotatable bonds is 7. The highest BCUT2D eigenvalue weighted by molar-refractivity contribution is 6.36. The van der Waals surface area contributed by atoms with E-state index in [1.54, 1.807) is 0 Å². The Morgan fingerprint density at radius 2 is 1.86 bits per heavy atom. The number of hydrogen-bond donors (Lipinski definition) is 1. The minimum atomic E-state index is -0.106. The number of hydrogen-bond acceptors (Lipinski definition) is 2. The molecule has 0 saturated carbocycles. The van der Waals surface area contributed by atoms with E-state index in [1.165, 1.54) is 19.4 Å². The Hall–Kier alpha value is 0.137. The monoisotopic (exact) mass is 216 g/mol. The maximum Gasteiger partial charge on any atom is 0.102 e. The van der Waals surface area contributed by atoms with Gasteiger partial charge in [-0.2, -0.15) is 0 Å². The third-order valence-corrected chi connectivity index (χ3v) is 4.05. The van der Waals surface area contributed by atoms with Crippen molar-refractivity contribution in [3.8, 4) is 0 Å². The van der Waals surface area contributed by atoms with Gasteiger partial charge in [-0.3, -0.25) is 0 Å². The zero-order valence-corrected chi connectivity index (χ0v) is 12.1. The van der Waals surface area contributed by atoms with Crippen LogP contribution in [0.4, 0.5) is 0 Å². The zero-order valence-electron chi connectivity index (χ0n) is 10.7. The molecule has 0 radical (unpaired) electrons. The van der Waals surface area contributed by atoms with Gasteiger partial charge in [0, 0.05) is 6.67 Å². The predicted molar refractivity (Wildman–Crippen MR) is 68.4 cm³/mol. The van der Waals surface area contributed by atoms with E-state index in [-0.39, 0.29) is 9.68 Å². The smallest absolute Gasteiger partial charge is 0.102 e. The average molecular weight is 216 g/mol. The standard InChI is InChI=1S/C11H28N2Si/c1-6-8-9-13(10-12-7-2)14-11(3,4)5/h12H,6-10,14H2,1-5H3. The van der Waals surface area contributed by atoms with Gasteiger partial charge in [0.2, 0.25) is 0 Å². The summed E-state index contributed by atoms with van der Waals surface area (Å²) in [6.45, 7) is 15.0. The Labute approximate surface area is 92.4 Å². The van der Waals surface area contributed by atoms with E-state index in [9.17, 15) is 0 Å². The number of nitrogens with one attached hydrogen (secondary N) is 1. The van der Waals surface area contributed by atoms with Crippen molar-refractivity contribution in [2.45, 2.75) is 52.5 Å². The molecule has 0 saturated heterocycles. The molecule has 0 aromatic rings. The highest BCUT2D eigenvalue weighted by Crippen LogP contribution is 2.21. The van der Waals surface area contributed by atoms with Gasteiger partial charge in [0.25, 0.3) is 0 Å². The quantitative estimate of drug-likeness (QED) is 0.517. The summed E-state index contributed by atoms with van der Waals surface area (Å²) in [5.74, 6) is 0. The van der Waals surface area contributed by atoms with Gasteiger partial charge in [-0.15, -0.1) is 0 Å². The molecular weight excluding hydrogens is 188 g/mol. The Morgan fingerprint density at radius 3 is 2.29 bits per heavy atom. The van der Waals surface area contributed by atoms with Crippen LogP contribution in [0, 0.1) is 0 Å². The maximum absolute atomic E-state index is 3.44. The van der Waals surface area contributed by atoms with Crippen LogP contribution < -0.4 is 5.32 Å². The van der Waals surface area contributed by atoms with Crippen molar-refractivity contribution >= 4 is 9.68 Å². The zero-order chi connectivity index (χ0) is 11.0. The van der Waals surface area contributed by atoms with E-state index in [4.69, 9.17) is 0 Å². The minimum absolute atomic E-state index is 0.106. The van der Waals surface area contributed by atoms with Gasteiger partial charge < -0.3 is 9.88 Å². The molecule has 0 rings (SSSR count). The fourth-order valence-electron chi connectivity index (χ4n) is 1.54. The molecule has 14 heavy (non-hydrogen) atoms. The lowest BCUT2D eigenvalue weighted by Crippen LogP contribution is -2.40. The van der Waals surface area contributed by atoms with Crippen LogP contribution in [0.3, 0.4) is 0 Å². The van der Waals surface area contributed by atoms with Crippen LogP contribution in [0.1, 0.15) is 47.5 Å². The molecule has 86 valence electrons. The molecule has 0 spiro atoms. The third-order valence-electron chi connectivity index (χ3n) is 2.11. The van der Waals surface area contributed by atoms with Crippen LogP contribution in [0.15, 0.2) is 0 Å². The van der Waals surface area contributed by atoms with Crippen molar-refractivity contribution in [2.75, 3.05) is 19.8 Å². The van der Waals surface area contributed by atoms with E-state index >= 15 is 0 Å². The number of unbranched alkanes of at least 4 members (excludes halogenated alkanes) is 1. The molecule has 0 aromatic carbocycles. The first-order chi connectivity index (χ1) is 6.49. The van der Waals surface area contributed by atoms with Gasteiger partial charge in [0.15, 0.2) is 0 Å². The highest BCUT2D eigenvalue weighted by atomic mass is 28.2. The lowest BCUT2D eigenvalue weighted by atomic mass is 10.3. The second-order valence-electron chi connectivity index (χ2n) is 5.23. The van der Waals surface area contributed by atoms with Gasteiger partial charge in [0.1, 0.15) is 9.68 Å². The minimum Gasteiger partial charge on any atom is -0.317 e. The molecule has 0 aromatic heterocycles. The van der Waals surface area contributed by atoms with Crippen molar-refractivity contribution < 1.29 is 0 Å². The first-order valence-corrected chi connectivity index (χ1v) is 7.26. The topological polar surface area (TPSA) is 15.3 Å². The van der Waals surface area contributed by atoms with E-state index in [2.05, 4.69) is 44.5 Å². The van der Waals surface area contributed by atoms with Crippen molar-refractivity contribution in [3.63, 3.8) is 0 Å². The maximum atomic E-state index is 3.44. The van der Waals surface area contributed by atoms with Crippen LogP contribution in [0.25, 0.3) is 0 Å². The molecule has 0 aliphatic heterocycles. The summed E-state index contributed by atoms with van der Waals surface area (Å²) in [6.07, 6.45) is 2.65.